The van der Waals surface area contributed by atoms with E-state index in [9.17, 15) is 32.7 Å². The maximum Gasteiger partial charge on any atom is 0.490 e. The van der Waals surface area contributed by atoms with E-state index in [-0.39, 0.29) is 11.5 Å². The van der Waals surface area contributed by atoms with Crippen molar-refractivity contribution in [2.24, 2.45) is 0 Å². The van der Waals surface area contributed by atoms with Crippen LogP contribution in [0.2, 0.25) is 0 Å². The molecule has 49 heavy (non-hydrogen) atoms. The number of carbonyl (C=O) groups is 4. The summed E-state index contributed by atoms with van der Waals surface area (Å²) in [6.45, 7) is 5.81. The van der Waals surface area contributed by atoms with Gasteiger partial charge >= 0.3 is 24.1 Å². The second-order valence-electron chi connectivity index (χ2n) is 11.6. The predicted octanol–water partition coefficient (Wildman–Crippen LogP) is 5.49. The standard InChI is InChI=1S/C32H30N6O4.C2HF3O2/c1-21-4-3-14-34-27(21)19-36-16-12-32(13-17-36)30(41)37(31(42)38(32)28-11-15-33-20-35-28)25-8-5-23(6-9-25)26-10-7-24(29(39)40)18-22(26)2;3-2(4,5)1(6)7/h3-11,14-15,18,20H,12-13,16-17,19H2,1-2H3,(H,39,40);(H,6,7). The number of benzene rings is 2. The van der Waals surface area contributed by atoms with Crippen LogP contribution in [0, 0.1) is 13.8 Å². The van der Waals surface area contributed by atoms with E-state index in [2.05, 4.69) is 19.9 Å². The van der Waals surface area contributed by atoms with Gasteiger partial charge in [0.25, 0.3) is 5.91 Å². The molecule has 2 fully saturated rings. The number of imide groups is 1. The number of rotatable bonds is 6. The van der Waals surface area contributed by atoms with Crippen LogP contribution in [0.15, 0.2) is 79.4 Å². The van der Waals surface area contributed by atoms with Crippen molar-refractivity contribution in [3.63, 3.8) is 0 Å². The van der Waals surface area contributed by atoms with Gasteiger partial charge in [0, 0.05) is 32.0 Å². The van der Waals surface area contributed by atoms with Gasteiger partial charge in [0.1, 0.15) is 17.7 Å². The van der Waals surface area contributed by atoms with Crippen LogP contribution in [0.5, 0.6) is 0 Å². The third-order valence-corrected chi connectivity index (χ3v) is 8.53. The minimum atomic E-state index is -5.08. The molecule has 254 valence electrons. The fraction of sp³-hybridized carbons (Fsp3) is 0.265. The molecule has 4 heterocycles. The Balaban J connectivity index is 0.000000606. The zero-order chi connectivity index (χ0) is 35.5. The maximum atomic E-state index is 14.2. The lowest BCUT2D eigenvalue weighted by atomic mass is 9.85. The third-order valence-electron chi connectivity index (χ3n) is 8.53. The molecule has 1 spiro atoms. The highest BCUT2D eigenvalue weighted by atomic mass is 19.4. The fourth-order valence-electron chi connectivity index (χ4n) is 5.96. The van der Waals surface area contributed by atoms with Crippen molar-refractivity contribution in [1.82, 2.24) is 19.9 Å². The Labute approximate surface area is 278 Å². The van der Waals surface area contributed by atoms with Gasteiger partial charge < -0.3 is 10.2 Å². The lowest BCUT2D eigenvalue weighted by Gasteiger charge is -2.41. The molecule has 0 aliphatic carbocycles. The predicted molar refractivity (Wildman–Crippen MR) is 171 cm³/mol. The molecule has 15 heteroatoms. The first-order chi connectivity index (χ1) is 23.2. The summed E-state index contributed by atoms with van der Waals surface area (Å²) in [5.74, 6) is -3.61. The van der Waals surface area contributed by atoms with Crippen LogP contribution in [0.3, 0.4) is 0 Å². The molecule has 12 nitrogen and oxygen atoms in total. The van der Waals surface area contributed by atoms with E-state index in [0.29, 0.717) is 44.0 Å². The number of likely N-dealkylation sites (tertiary alicyclic amines) is 1. The van der Waals surface area contributed by atoms with Crippen molar-refractivity contribution in [2.45, 2.75) is 44.9 Å². The fourth-order valence-corrected chi connectivity index (χ4v) is 5.96. The smallest absolute Gasteiger partial charge is 0.478 e. The molecule has 3 amide bonds. The first kappa shape index (κ1) is 34.6. The molecule has 2 aromatic heterocycles. The Bertz CT molecular complexity index is 1880. The number of anilines is 2. The van der Waals surface area contributed by atoms with Crippen molar-refractivity contribution >= 4 is 35.4 Å². The van der Waals surface area contributed by atoms with Crippen molar-refractivity contribution in [2.75, 3.05) is 22.9 Å². The molecule has 0 atom stereocenters. The Morgan fingerprint density at radius 3 is 2.12 bits per heavy atom. The summed E-state index contributed by atoms with van der Waals surface area (Å²) in [4.78, 5) is 66.4. The molecule has 0 saturated carbocycles. The van der Waals surface area contributed by atoms with Gasteiger partial charge in [0.2, 0.25) is 0 Å². The topological polar surface area (TPSA) is 157 Å². The monoisotopic (exact) mass is 676 g/mol. The first-order valence-corrected chi connectivity index (χ1v) is 15.0. The number of hydrogen-bond acceptors (Lipinski definition) is 8. The van der Waals surface area contributed by atoms with Gasteiger partial charge in [-0.1, -0.05) is 24.3 Å². The van der Waals surface area contributed by atoms with Gasteiger partial charge in [0.15, 0.2) is 0 Å². The number of carboxylic acids is 2. The largest absolute Gasteiger partial charge is 0.490 e. The van der Waals surface area contributed by atoms with Crippen LogP contribution in [0.4, 0.5) is 29.5 Å². The quantitative estimate of drug-likeness (QED) is 0.250. The van der Waals surface area contributed by atoms with E-state index < -0.39 is 29.7 Å². The molecule has 0 bridgehead atoms. The summed E-state index contributed by atoms with van der Waals surface area (Å²) < 4.78 is 31.7. The number of aromatic carboxylic acids is 1. The number of nitrogens with zero attached hydrogens (tertiary/aromatic N) is 6. The van der Waals surface area contributed by atoms with Gasteiger partial charge in [-0.15, -0.1) is 0 Å². The van der Waals surface area contributed by atoms with E-state index in [4.69, 9.17) is 9.90 Å². The van der Waals surface area contributed by atoms with E-state index in [1.165, 1.54) is 11.2 Å². The number of urea groups is 1. The molecular weight excluding hydrogens is 645 g/mol. The summed E-state index contributed by atoms with van der Waals surface area (Å²) >= 11 is 0. The second kappa shape index (κ2) is 13.8. The number of aromatic nitrogens is 3. The molecular formula is C34H31F3N6O6. The number of hydrogen-bond donors (Lipinski definition) is 2. The Morgan fingerprint density at radius 1 is 0.898 bits per heavy atom. The number of pyridine rings is 1. The minimum absolute atomic E-state index is 0.220. The van der Waals surface area contributed by atoms with E-state index in [0.717, 1.165) is 27.9 Å². The molecule has 2 aliphatic heterocycles. The van der Waals surface area contributed by atoms with Gasteiger partial charge in [-0.2, -0.15) is 13.2 Å². The van der Waals surface area contributed by atoms with Crippen molar-refractivity contribution in [3.8, 4) is 11.1 Å². The highest BCUT2D eigenvalue weighted by Gasteiger charge is 2.59. The highest BCUT2D eigenvalue weighted by molar-refractivity contribution is 6.30. The Hall–Kier alpha value is -5.70. The van der Waals surface area contributed by atoms with Gasteiger partial charge in [-0.05, 0) is 85.3 Å². The van der Waals surface area contributed by atoms with E-state index in [1.807, 2.05) is 38.1 Å². The lowest BCUT2D eigenvalue weighted by molar-refractivity contribution is -0.192. The van der Waals surface area contributed by atoms with E-state index in [1.54, 1.807) is 53.7 Å². The Kier molecular flexibility index (Phi) is 9.75. The van der Waals surface area contributed by atoms with Crippen molar-refractivity contribution in [3.05, 3.63) is 102 Å². The summed E-state index contributed by atoms with van der Waals surface area (Å²) in [6, 6.07) is 17.3. The minimum Gasteiger partial charge on any atom is -0.478 e. The SMILES string of the molecule is Cc1cc(C(=O)O)ccc1-c1ccc(N2C(=O)N(c3ccncn3)C3(CCN(Cc4ncccc4C)CC3)C2=O)cc1.O=C(O)C(F)(F)F. The summed E-state index contributed by atoms with van der Waals surface area (Å²) in [5, 5.41) is 16.4. The summed E-state index contributed by atoms with van der Waals surface area (Å²) in [6.07, 6.45) is 0.574. The number of piperidine rings is 1. The maximum absolute atomic E-state index is 14.2. The van der Waals surface area contributed by atoms with Crippen LogP contribution in [0.25, 0.3) is 11.1 Å². The molecule has 2 saturated heterocycles. The molecule has 2 aromatic carbocycles. The normalized spacial score (nSPS) is 16.0. The molecule has 6 rings (SSSR count). The van der Waals surface area contributed by atoms with Crippen LogP contribution >= 0.6 is 0 Å². The highest BCUT2D eigenvalue weighted by Crippen LogP contribution is 2.42. The third kappa shape index (κ3) is 7.11. The molecule has 4 aromatic rings. The zero-order valence-corrected chi connectivity index (χ0v) is 26.4. The molecule has 0 unspecified atom stereocenters. The average Bonchev–Trinajstić information content (AvgIpc) is 3.28. The van der Waals surface area contributed by atoms with Crippen LogP contribution < -0.4 is 9.80 Å². The first-order valence-electron chi connectivity index (χ1n) is 15.0. The van der Waals surface area contributed by atoms with Crippen LogP contribution in [-0.2, 0) is 16.1 Å². The number of aliphatic carboxylic acids is 1. The molecule has 2 N–H and O–H groups in total. The summed E-state index contributed by atoms with van der Waals surface area (Å²) in [7, 11) is 0. The molecule has 2 aliphatic rings. The van der Waals surface area contributed by atoms with Crippen LogP contribution in [-0.4, -0.2) is 78.7 Å². The van der Waals surface area contributed by atoms with Crippen molar-refractivity contribution < 1.29 is 42.6 Å². The Morgan fingerprint density at radius 2 is 1.57 bits per heavy atom. The van der Waals surface area contributed by atoms with E-state index >= 15 is 0 Å². The average molecular weight is 677 g/mol. The zero-order valence-electron chi connectivity index (χ0n) is 26.4. The number of carbonyl (C=O) groups excluding carboxylic acids is 2. The molecule has 0 radical (unpaired) electrons. The number of alkyl halides is 3. The summed E-state index contributed by atoms with van der Waals surface area (Å²) in [5.41, 5.74) is 4.29. The lowest BCUT2D eigenvalue weighted by Crippen LogP contribution is -2.57. The number of amides is 3. The number of aryl methyl sites for hydroxylation is 2. The van der Waals surface area contributed by atoms with Crippen molar-refractivity contribution in [1.29, 1.82) is 0 Å². The van der Waals surface area contributed by atoms with Gasteiger partial charge in [-0.3, -0.25) is 19.6 Å². The van der Waals surface area contributed by atoms with Gasteiger partial charge in [-0.25, -0.2) is 29.3 Å². The van der Waals surface area contributed by atoms with Crippen LogP contribution in [0.1, 0.15) is 40.0 Å². The van der Waals surface area contributed by atoms with Gasteiger partial charge in [0.05, 0.1) is 16.9 Å². The number of carboxylic acid groups (broad SMARTS) is 2. The second-order valence-corrected chi connectivity index (χ2v) is 11.6. The number of halogens is 3.